The van der Waals surface area contributed by atoms with Crippen molar-refractivity contribution in [1.82, 2.24) is 24.6 Å². The predicted octanol–water partition coefficient (Wildman–Crippen LogP) is 3.05. The Morgan fingerprint density at radius 3 is 2.63 bits per heavy atom. The Hall–Kier alpha value is -4.74. The molecule has 0 aliphatic carbocycles. The number of anilines is 3. The van der Waals surface area contributed by atoms with Crippen LogP contribution in [0.4, 0.5) is 21.7 Å². The highest BCUT2D eigenvalue weighted by molar-refractivity contribution is 5.98. The van der Waals surface area contributed by atoms with Gasteiger partial charge in [-0.3, -0.25) is 19.1 Å². The number of carbonyl (C=O) groups excluding carboxylic acids is 1. The maximum Gasteiger partial charge on any atom is 0.290 e. The van der Waals surface area contributed by atoms with Gasteiger partial charge >= 0.3 is 0 Å². The van der Waals surface area contributed by atoms with E-state index in [9.17, 15) is 9.59 Å². The van der Waals surface area contributed by atoms with Gasteiger partial charge in [-0.15, -0.1) is 0 Å². The first kappa shape index (κ1) is 26.3. The average molecular weight is 522 g/mol. The number of nitrogens with one attached hydrogen (secondary N) is 2. The average Bonchev–Trinajstić information content (AvgIpc) is 3.16. The van der Waals surface area contributed by atoms with Crippen LogP contribution in [0.25, 0.3) is 21.9 Å². The number of benzene rings is 1. The van der Waals surface area contributed by atoms with E-state index >= 15 is 4.39 Å². The van der Waals surface area contributed by atoms with Crippen molar-refractivity contribution in [1.29, 1.82) is 0 Å². The van der Waals surface area contributed by atoms with Gasteiger partial charge in [-0.1, -0.05) is 0 Å². The van der Waals surface area contributed by atoms with Crippen LogP contribution in [0, 0.1) is 12.7 Å². The number of amides is 1. The lowest BCUT2D eigenvalue weighted by Gasteiger charge is -2.24. The van der Waals surface area contributed by atoms with Gasteiger partial charge in [-0.05, 0) is 49.4 Å². The van der Waals surface area contributed by atoms with Gasteiger partial charge in [0.2, 0.25) is 11.5 Å². The number of carboxylic acid groups (broad SMARTS) is 1. The number of pyridine rings is 2. The van der Waals surface area contributed by atoms with Crippen LogP contribution in [-0.4, -0.2) is 54.7 Å². The van der Waals surface area contributed by atoms with Gasteiger partial charge in [-0.2, -0.15) is 5.10 Å². The summed E-state index contributed by atoms with van der Waals surface area (Å²) in [5.74, 6) is 0.517. The van der Waals surface area contributed by atoms with E-state index in [-0.39, 0.29) is 41.8 Å². The summed E-state index contributed by atoms with van der Waals surface area (Å²) in [4.78, 5) is 41.6. The molecule has 0 spiro atoms. The third kappa shape index (κ3) is 5.19. The summed E-state index contributed by atoms with van der Waals surface area (Å²) < 4.78 is 16.8. The molecule has 1 aromatic carbocycles. The summed E-state index contributed by atoms with van der Waals surface area (Å²) in [7, 11) is 0. The number of nitrogen functional groups attached to an aromatic ring is 1. The minimum absolute atomic E-state index is 0.0295. The Morgan fingerprint density at radius 2 is 1.92 bits per heavy atom. The molecule has 0 saturated heterocycles. The second-order valence-corrected chi connectivity index (χ2v) is 9.18. The molecule has 0 unspecified atom stereocenters. The van der Waals surface area contributed by atoms with Crippen LogP contribution in [0.5, 0.6) is 0 Å². The van der Waals surface area contributed by atoms with Crippen molar-refractivity contribution in [3.05, 3.63) is 64.1 Å². The number of nitrogens with two attached hydrogens (primary N) is 1. The van der Waals surface area contributed by atoms with E-state index in [1.54, 1.807) is 29.9 Å². The Balaban J connectivity index is 0.00000107. The molecule has 1 amide bonds. The van der Waals surface area contributed by atoms with E-state index in [0.717, 1.165) is 11.3 Å². The second kappa shape index (κ2) is 10.7. The molecule has 0 saturated carbocycles. The van der Waals surface area contributed by atoms with E-state index < -0.39 is 5.82 Å². The molecule has 0 radical (unpaired) electrons. The topological polar surface area (TPSA) is 159 Å². The molecule has 4 heterocycles. The molecule has 1 aliphatic heterocycles. The number of rotatable bonds is 4. The fraction of sp³-hybridized carbons (Fsp3) is 0.269. The molecule has 5 rings (SSSR count). The summed E-state index contributed by atoms with van der Waals surface area (Å²) >= 11 is 0. The van der Waals surface area contributed by atoms with Gasteiger partial charge in [0.15, 0.2) is 11.6 Å². The van der Waals surface area contributed by atoms with E-state index in [2.05, 4.69) is 20.4 Å². The van der Waals surface area contributed by atoms with Crippen molar-refractivity contribution in [3.63, 3.8) is 0 Å². The first-order valence-corrected chi connectivity index (χ1v) is 11.9. The molecule has 38 heavy (non-hydrogen) atoms. The summed E-state index contributed by atoms with van der Waals surface area (Å²) in [5, 5.41) is 15.7. The van der Waals surface area contributed by atoms with E-state index in [4.69, 9.17) is 15.6 Å². The first-order chi connectivity index (χ1) is 18.1. The second-order valence-electron chi connectivity index (χ2n) is 9.18. The molecule has 4 aromatic rings. The number of fused-ring (bicyclic) bond motifs is 2. The smallest absolute Gasteiger partial charge is 0.290 e. The van der Waals surface area contributed by atoms with Crippen molar-refractivity contribution >= 4 is 40.5 Å². The fourth-order valence-electron chi connectivity index (χ4n) is 4.51. The SMILES string of the molecule is Cc1c[nH]c(=O)cc1-c1cc2cc(Nc3cc4n(n3)CC(=O)N(C(C)C)CC4)ncc2c(N)c1F.O=CO. The van der Waals surface area contributed by atoms with E-state index in [0.29, 0.717) is 40.9 Å². The molecule has 12 heteroatoms. The van der Waals surface area contributed by atoms with Gasteiger partial charge in [0, 0.05) is 60.2 Å². The van der Waals surface area contributed by atoms with Gasteiger partial charge in [0.05, 0.1) is 5.69 Å². The standard InChI is InChI=1S/C25H26FN7O2.CH2O2/c1-13(2)32-5-4-16-8-21(31-33(16)12-23(32)35)30-20-7-15-6-18(17-9-22(34)29-10-14(17)3)24(26)25(27)19(15)11-28-20;2-1-3/h6-11,13H,4-5,12,27H2,1-3H3,(H,29,34)(H,28,30,31);1H,(H,2,3). The van der Waals surface area contributed by atoms with Crippen molar-refractivity contribution in [2.45, 2.75) is 39.8 Å². The molecule has 0 atom stereocenters. The zero-order valence-electron chi connectivity index (χ0n) is 21.2. The van der Waals surface area contributed by atoms with E-state index in [1.165, 1.54) is 12.3 Å². The molecule has 0 fully saturated rings. The monoisotopic (exact) mass is 521 g/mol. The number of nitrogens with zero attached hydrogens (tertiary/aromatic N) is 4. The number of aryl methyl sites for hydroxylation is 1. The summed E-state index contributed by atoms with van der Waals surface area (Å²) in [6, 6.07) is 6.84. The normalized spacial score (nSPS) is 13.1. The van der Waals surface area contributed by atoms with Gasteiger partial charge in [0.25, 0.3) is 6.47 Å². The lowest BCUT2D eigenvalue weighted by Crippen LogP contribution is -2.38. The van der Waals surface area contributed by atoms with Crippen LogP contribution in [0.2, 0.25) is 0 Å². The van der Waals surface area contributed by atoms with Crippen LogP contribution < -0.4 is 16.6 Å². The Labute approximate surface area is 217 Å². The number of aromatic amines is 1. The van der Waals surface area contributed by atoms with Crippen molar-refractivity contribution in [3.8, 4) is 11.1 Å². The molecule has 5 N–H and O–H groups in total. The van der Waals surface area contributed by atoms with Crippen LogP contribution in [-0.2, 0) is 22.6 Å². The molecular weight excluding hydrogens is 493 g/mol. The molecule has 1 aliphatic rings. The first-order valence-electron chi connectivity index (χ1n) is 11.9. The maximum absolute atomic E-state index is 15.1. The molecular formula is C26H28FN7O4. The lowest BCUT2D eigenvalue weighted by molar-refractivity contribution is -0.133. The Kier molecular flexibility index (Phi) is 7.42. The van der Waals surface area contributed by atoms with Crippen LogP contribution >= 0.6 is 0 Å². The van der Waals surface area contributed by atoms with Crippen molar-refractivity contribution < 1.29 is 19.1 Å². The summed E-state index contributed by atoms with van der Waals surface area (Å²) in [6.45, 7) is 6.38. The molecule has 3 aromatic heterocycles. The predicted molar refractivity (Wildman–Crippen MR) is 142 cm³/mol. The fourth-order valence-corrected chi connectivity index (χ4v) is 4.51. The number of aromatic nitrogens is 4. The van der Waals surface area contributed by atoms with Gasteiger partial charge in [0.1, 0.15) is 12.4 Å². The number of carbonyl (C=O) groups is 2. The van der Waals surface area contributed by atoms with Crippen molar-refractivity contribution in [2.24, 2.45) is 0 Å². The zero-order chi connectivity index (χ0) is 27.6. The highest BCUT2D eigenvalue weighted by atomic mass is 19.1. The van der Waals surface area contributed by atoms with E-state index in [1.807, 2.05) is 24.8 Å². The quantitative estimate of drug-likeness (QED) is 0.236. The van der Waals surface area contributed by atoms with Gasteiger partial charge < -0.3 is 26.0 Å². The largest absolute Gasteiger partial charge is 0.483 e. The summed E-state index contributed by atoms with van der Waals surface area (Å²) in [6.07, 6.45) is 3.76. The highest BCUT2D eigenvalue weighted by Gasteiger charge is 2.24. The van der Waals surface area contributed by atoms with Gasteiger partial charge in [-0.25, -0.2) is 9.37 Å². The third-order valence-corrected chi connectivity index (χ3v) is 6.38. The molecule has 0 bridgehead atoms. The van der Waals surface area contributed by atoms with Crippen molar-refractivity contribution in [2.75, 3.05) is 17.6 Å². The minimum Gasteiger partial charge on any atom is -0.483 e. The number of hydrogen-bond acceptors (Lipinski definition) is 7. The van der Waals surface area contributed by atoms with Crippen LogP contribution in [0.3, 0.4) is 0 Å². The Bertz CT molecular complexity index is 1580. The van der Waals surface area contributed by atoms with Crippen LogP contribution in [0.1, 0.15) is 25.1 Å². The summed E-state index contributed by atoms with van der Waals surface area (Å²) in [5.41, 5.74) is 8.15. The lowest BCUT2D eigenvalue weighted by atomic mass is 9.98. The molecule has 11 nitrogen and oxygen atoms in total. The molecule has 198 valence electrons. The Morgan fingerprint density at radius 1 is 1.18 bits per heavy atom. The number of hydrogen-bond donors (Lipinski definition) is 4. The zero-order valence-corrected chi connectivity index (χ0v) is 21.2. The number of halogens is 1. The highest BCUT2D eigenvalue weighted by Crippen LogP contribution is 2.35. The maximum atomic E-state index is 15.1. The minimum atomic E-state index is -0.591. The third-order valence-electron chi connectivity index (χ3n) is 6.38. The number of H-pyrrole nitrogens is 1. The van der Waals surface area contributed by atoms with Crippen LogP contribution in [0.15, 0.2) is 41.5 Å².